The molecule has 2 aliphatic rings. The van der Waals surface area contributed by atoms with E-state index in [0.717, 1.165) is 16.7 Å². The van der Waals surface area contributed by atoms with Gasteiger partial charge in [0.2, 0.25) is 0 Å². The number of β-lactam (4-membered cyclic amide) rings is 1. The monoisotopic (exact) mass is 471 g/mol. The second kappa shape index (κ2) is 7.54. The molecule has 1 unspecified atom stereocenters. The Hall–Kier alpha value is -1.56. The number of methoxy groups -OCH3 is 1. The molecule has 0 aliphatic carbocycles. The molecule has 3 heterocycles. The van der Waals surface area contributed by atoms with Crippen molar-refractivity contribution in [1.29, 1.82) is 0 Å². The molecular weight excluding hydrogens is 446 g/mol. The van der Waals surface area contributed by atoms with E-state index < -0.39 is 36.7 Å². The van der Waals surface area contributed by atoms with Gasteiger partial charge in [-0.05, 0) is 19.4 Å². The number of ketones is 1. The summed E-state index contributed by atoms with van der Waals surface area (Å²) >= 11 is 2.31. The van der Waals surface area contributed by atoms with Crippen LogP contribution in [0.1, 0.15) is 39.1 Å². The number of carbonyl (C=O) groups excluding carboxylic acids is 2. The fourth-order valence-electron chi connectivity index (χ4n) is 3.75. The summed E-state index contributed by atoms with van der Waals surface area (Å²) in [5.41, 5.74) is -1.95. The quantitative estimate of drug-likeness (QED) is 0.460. The van der Waals surface area contributed by atoms with Gasteiger partial charge in [-0.1, -0.05) is 49.9 Å². The molecular formula is C19H25N3O5S3. The smallest absolute Gasteiger partial charge is 0.264 e. The fourth-order valence-corrected chi connectivity index (χ4v) is 9.03. The van der Waals surface area contributed by atoms with Crippen LogP contribution in [0.3, 0.4) is 0 Å². The minimum absolute atomic E-state index is 0.0219. The van der Waals surface area contributed by atoms with Crippen molar-refractivity contribution in [3.63, 3.8) is 0 Å². The summed E-state index contributed by atoms with van der Waals surface area (Å²) in [6.45, 7) is 12.2. The van der Waals surface area contributed by atoms with Gasteiger partial charge in [0.05, 0.1) is 5.70 Å². The molecule has 1 aromatic rings. The topological polar surface area (TPSA) is 107 Å². The maximum Gasteiger partial charge on any atom is 0.264 e. The van der Waals surface area contributed by atoms with Gasteiger partial charge in [0.1, 0.15) is 9.59 Å². The van der Waals surface area contributed by atoms with Gasteiger partial charge in [0.15, 0.2) is 30.9 Å². The Bertz CT molecular complexity index is 1050. The molecule has 1 amide bonds. The molecule has 8 nitrogen and oxygen atoms in total. The van der Waals surface area contributed by atoms with Gasteiger partial charge >= 0.3 is 0 Å². The van der Waals surface area contributed by atoms with E-state index in [1.807, 2.05) is 0 Å². The average Bonchev–Trinajstić information content (AvgIpc) is 3.06. The molecule has 0 spiro atoms. The van der Waals surface area contributed by atoms with Gasteiger partial charge in [-0.3, -0.25) is 14.5 Å². The minimum Gasteiger partial charge on any atom is -0.365 e. The van der Waals surface area contributed by atoms with E-state index >= 15 is 0 Å². The van der Waals surface area contributed by atoms with E-state index in [9.17, 15) is 18.0 Å². The minimum atomic E-state index is -3.97. The molecule has 0 N–H and O–H groups in total. The zero-order valence-electron chi connectivity index (χ0n) is 17.8. The van der Waals surface area contributed by atoms with Crippen LogP contribution in [-0.2, 0) is 24.2 Å². The number of hydrogen-bond donors (Lipinski definition) is 0. The first-order chi connectivity index (χ1) is 13.8. The van der Waals surface area contributed by atoms with Crippen molar-refractivity contribution in [2.24, 2.45) is 5.41 Å². The second-order valence-corrected chi connectivity index (χ2v) is 13.3. The first-order valence-corrected chi connectivity index (χ1v) is 12.6. The number of aryl methyl sites for hydroxylation is 1. The van der Waals surface area contributed by atoms with Crippen LogP contribution in [0, 0.1) is 12.3 Å². The fraction of sp³-hybridized carbons (Fsp3) is 0.579. The van der Waals surface area contributed by atoms with E-state index in [-0.39, 0.29) is 17.9 Å². The highest BCUT2D eigenvalue weighted by Gasteiger charge is 2.71. The number of rotatable bonds is 6. The number of amides is 1. The molecule has 0 aromatic carbocycles. The molecule has 3 rings (SSSR count). The van der Waals surface area contributed by atoms with Crippen LogP contribution < -0.4 is 0 Å². The predicted molar refractivity (Wildman–Crippen MR) is 116 cm³/mol. The molecule has 1 fully saturated rings. The maximum absolute atomic E-state index is 13.7. The molecule has 30 heavy (non-hydrogen) atoms. The lowest BCUT2D eigenvalue weighted by atomic mass is 9.82. The van der Waals surface area contributed by atoms with Gasteiger partial charge < -0.3 is 4.74 Å². The highest BCUT2D eigenvalue weighted by atomic mass is 32.3. The summed E-state index contributed by atoms with van der Waals surface area (Å²) in [5.74, 6) is -0.837. The number of aromatic nitrogens is 2. The largest absolute Gasteiger partial charge is 0.365 e. The van der Waals surface area contributed by atoms with Gasteiger partial charge in [0.25, 0.3) is 5.91 Å². The zero-order chi connectivity index (χ0) is 22.6. The lowest BCUT2D eigenvalue weighted by Gasteiger charge is -2.57. The number of thioether (sulfide) groups is 1. The lowest BCUT2D eigenvalue weighted by Crippen LogP contribution is -2.79. The van der Waals surface area contributed by atoms with Crippen molar-refractivity contribution in [2.45, 2.75) is 60.9 Å². The van der Waals surface area contributed by atoms with Gasteiger partial charge in [-0.25, -0.2) is 8.42 Å². The summed E-state index contributed by atoms with van der Waals surface area (Å²) in [4.78, 5) is 27.6. The van der Waals surface area contributed by atoms with Crippen LogP contribution in [0.25, 0.3) is 0 Å². The molecule has 0 bridgehead atoms. The van der Waals surface area contributed by atoms with Crippen LogP contribution in [0.4, 0.5) is 0 Å². The van der Waals surface area contributed by atoms with Crippen molar-refractivity contribution >= 4 is 44.6 Å². The van der Waals surface area contributed by atoms with Crippen LogP contribution in [0.2, 0.25) is 0 Å². The Kier molecular flexibility index (Phi) is 5.81. The Labute approximate surface area is 184 Å². The third-order valence-corrected chi connectivity index (χ3v) is 10.5. The third-order valence-electron chi connectivity index (χ3n) is 5.22. The highest BCUT2D eigenvalue weighted by molar-refractivity contribution is 8.14. The summed E-state index contributed by atoms with van der Waals surface area (Å²) in [5, 5.41) is 7.38. The number of ether oxygens (including phenoxy) is 1. The number of carbonyl (C=O) groups is 2. The third kappa shape index (κ3) is 3.26. The highest BCUT2D eigenvalue weighted by Crippen LogP contribution is 2.52. The van der Waals surface area contributed by atoms with Crippen LogP contribution in [-0.4, -0.2) is 57.9 Å². The number of Topliss-reactive ketones (excluding diaryl/α,β-unsaturated/α-hetero) is 1. The summed E-state index contributed by atoms with van der Waals surface area (Å²) in [6, 6.07) is 0. The molecule has 3 atom stereocenters. The molecule has 1 aromatic heterocycles. The Balaban J connectivity index is 2.23. The second-order valence-electron chi connectivity index (χ2n) is 8.35. The van der Waals surface area contributed by atoms with Crippen molar-refractivity contribution in [2.75, 3.05) is 7.11 Å². The van der Waals surface area contributed by atoms with E-state index in [1.165, 1.54) is 24.5 Å². The van der Waals surface area contributed by atoms with E-state index in [1.54, 1.807) is 34.6 Å². The number of hydrogen-bond acceptors (Lipinski definition) is 9. The molecule has 0 radical (unpaired) electrons. The molecule has 1 saturated heterocycles. The summed E-state index contributed by atoms with van der Waals surface area (Å²) in [6.07, 6.45) is 1.48. The normalized spacial score (nSPS) is 28.2. The van der Waals surface area contributed by atoms with Crippen LogP contribution in [0.5, 0.6) is 0 Å². The lowest BCUT2D eigenvalue weighted by molar-refractivity contribution is -0.183. The summed E-state index contributed by atoms with van der Waals surface area (Å²) in [7, 11) is -2.66. The van der Waals surface area contributed by atoms with Crippen molar-refractivity contribution in [1.82, 2.24) is 15.1 Å². The van der Waals surface area contributed by atoms with E-state index in [2.05, 4.69) is 16.8 Å². The number of fused-ring (bicyclic) bond motifs is 1. The molecule has 2 aliphatic heterocycles. The number of sulfone groups is 1. The first-order valence-electron chi connectivity index (χ1n) is 9.27. The van der Waals surface area contributed by atoms with Crippen molar-refractivity contribution < 1.29 is 22.7 Å². The van der Waals surface area contributed by atoms with Crippen molar-refractivity contribution in [3.8, 4) is 0 Å². The van der Waals surface area contributed by atoms with Crippen LogP contribution in [0.15, 0.2) is 28.3 Å². The molecule has 11 heteroatoms. The van der Waals surface area contributed by atoms with E-state index in [0.29, 0.717) is 14.9 Å². The van der Waals surface area contributed by atoms with E-state index in [4.69, 9.17) is 4.74 Å². The molecule has 0 saturated carbocycles. The Morgan fingerprint density at radius 1 is 1.37 bits per heavy atom. The summed E-state index contributed by atoms with van der Waals surface area (Å²) < 4.78 is 32.3. The van der Waals surface area contributed by atoms with Gasteiger partial charge in [0, 0.05) is 18.9 Å². The average molecular weight is 472 g/mol. The predicted octanol–water partition coefficient (Wildman–Crippen LogP) is 2.71. The standard InChI is InChI=1S/C19H25N3O5S3/c1-8-9-19(27-7)15(24)22-12(13(23)18(4,5)6)10(2)14(30(25,26)16(19)22)29-17-21-20-11(3)28-17/h8,14,16H,1,9H2,2-7H3/t14?,16-,19+/m0/s1. The molecule has 164 valence electrons. The SMILES string of the molecule is C=CC[C@@]1(OC)C(=O)N2C(C(=O)C(C)(C)C)=C(C)C(Sc3nnc(C)s3)S(=O)(=O)[C@H]21. The Morgan fingerprint density at radius 3 is 2.47 bits per heavy atom. The Morgan fingerprint density at radius 2 is 2.00 bits per heavy atom. The maximum atomic E-state index is 13.7. The first kappa shape index (κ1) is 23.1. The number of allylic oxidation sites excluding steroid dienone is 1. The van der Waals surface area contributed by atoms with Crippen molar-refractivity contribution in [3.05, 3.63) is 28.9 Å². The zero-order valence-corrected chi connectivity index (χ0v) is 20.2. The van der Waals surface area contributed by atoms with Crippen LogP contribution >= 0.6 is 23.1 Å². The number of nitrogens with zero attached hydrogens (tertiary/aromatic N) is 3. The van der Waals surface area contributed by atoms with Gasteiger partial charge in [-0.15, -0.1) is 16.8 Å². The van der Waals surface area contributed by atoms with Gasteiger partial charge in [-0.2, -0.15) is 0 Å².